The van der Waals surface area contributed by atoms with Crippen molar-refractivity contribution >= 4 is 0 Å². The van der Waals surface area contributed by atoms with E-state index in [2.05, 4.69) is 4.98 Å². The Morgan fingerprint density at radius 2 is 1.84 bits per heavy atom. The lowest BCUT2D eigenvalue weighted by Gasteiger charge is -2.11. The highest BCUT2D eigenvalue weighted by molar-refractivity contribution is 5.67. The van der Waals surface area contributed by atoms with E-state index < -0.39 is 11.7 Å². The Morgan fingerprint density at radius 3 is 2.42 bits per heavy atom. The van der Waals surface area contributed by atoms with Crippen molar-refractivity contribution in [1.82, 2.24) is 4.98 Å². The topological polar surface area (TPSA) is 36.7 Å². The number of pyridine rings is 1. The van der Waals surface area contributed by atoms with E-state index in [-0.39, 0.29) is 6.42 Å². The fourth-order valence-corrected chi connectivity index (χ4v) is 1.73. The van der Waals surface area contributed by atoms with E-state index in [9.17, 15) is 13.2 Å². The second-order valence-corrected chi connectivity index (χ2v) is 3.92. The van der Waals surface area contributed by atoms with Crippen molar-refractivity contribution in [3.8, 4) is 17.2 Å². The van der Waals surface area contributed by atoms with Gasteiger partial charge in [-0.25, -0.2) is 0 Å². The fourth-order valence-electron chi connectivity index (χ4n) is 1.73. The van der Waals surface area contributed by atoms with Gasteiger partial charge < -0.3 is 0 Å². The second-order valence-electron chi connectivity index (χ2n) is 3.92. The molecule has 2 aromatic rings. The Morgan fingerprint density at radius 1 is 1.16 bits per heavy atom. The summed E-state index contributed by atoms with van der Waals surface area (Å²) in [5, 5.41) is 8.71. The highest BCUT2D eigenvalue weighted by Gasteiger charge is 2.31. The molecule has 0 atom stereocenters. The van der Waals surface area contributed by atoms with Gasteiger partial charge in [0.1, 0.15) is 0 Å². The summed E-state index contributed by atoms with van der Waals surface area (Å²) >= 11 is 0. The van der Waals surface area contributed by atoms with Crippen LogP contribution in [0.15, 0.2) is 42.6 Å². The van der Waals surface area contributed by atoms with Gasteiger partial charge in [-0.15, -0.1) is 0 Å². The zero-order valence-electron chi connectivity index (χ0n) is 9.78. The van der Waals surface area contributed by atoms with Crippen LogP contribution in [0.1, 0.15) is 11.3 Å². The maximum atomic E-state index is 12.7. The molecule has 0 amide bonds. The molecular formula is C14H9F3N2. The molecule has 0 N–H and O–H groups in total. The number of alkyl halides is 3. The Labute approximate surface area is 108 Å². The third-order valence-corrected chi connectivity index (χ3v) is 2.63. The first-order valence-corrected chi connectivity index (χ1v) is 5.51. The summed E-state index contributed by atoms with van der Waals surface area (Å²) in [4.78, 5) is 3.77. The molecule has 5 heteroatoms. The minimum atomic E-state index is -4.44. The van der Waals surface area contributed by atoms with Gasteiger partial charge in [-0.2, -0.15) is 18.4 Å². The van der Waals surface area contributed by atoms with E-state index in [1.54, 1.807) is 30.3 Å². The summed E-state index contributed by atoms with van der Waals surface area (Å²) in [5.41, 5.74) is 0.498. The summed E-state index contributed by atoms with van der Waals surface area (Å²) in [6.45, 7) is 0. The van der Waals surface area contributed by atoms with E-state index >= 15 is 0 Å². The number of aromatic nitrogens is 1. The molecule has 2 nitrogen and oxygen atoms in total. The lowest BCUT2D eigenvalue weighted by Crippen LogP contribution is -2.07. The Kier molecular flexibility index (Phi) is 3.52. The van der Waals surface area contributed by atoms with E-state index in [1.807, 2.05) is 6.07 Å². The number of benzene rings is 1. The summed E-state index contributed by atoms with van der Waals surface area (Å²) in [7, 11) is 0. The Hall–Kier alpha value is -2.35. The van der Waals surface area contributed by atoms with Crippen LogP contribution in [-0.2, 0) is 12.6 Å². The number of nitrogens with zero attached hydrogens (tertiary/aromatic N) is 2. The lowest BCUT2D eigenvalue weighted by atomic mass is 10.0. The zero-order chi connectivity index (χ0) is 13.9. The fraction of sp³-hybridized carbons (Fsp3) is 0.143. The maximum Gasteiger partial charge on any atom is 0.417 e. The molecule has 1 aromatic carbocycles. The van der Waals surface area contributed by atoms with Crippen LogP contribution < -0.4 is 0 Å². The first-order valence-electron chi connectivity index (χ1n) is 5.51. The molecule has 2 rings (SSSR count). The summed E-state index contributed by atoms with van der Waals surface area (Å²) < 4.78 is 38.1. The molecule has 96 valence electrons. The van der Waals surface area contributed by atoms with Gasteiger partial charge in [0.25, 0.3) is 0 Å². The molecule has 19 heavy (non-hydrogen) atoms. The van der Waals surface area contributed by atoms with E-state index in [1.165, 1.54) is 0 Å². The number of hydrogen-bond donors (Lipinski definition) is 0. The second kappa shape index (κ2) is 5.11. The molecule has 1 aromatic heterocycles. The van der Waals surface area contributed by atoms with Crippen LogP contribution in [0.2, 0.25) is 0 Å². The minimum absolute atomic E-state index is 0.0254. The molecule has 0 saturated carbocycles. The molecule has 0 aliphatic heterocycles. The van der Waals surface area contributed by atoms with Gasteiger partial charge in [-0.1, -0.05) is 30.3 Å². The van der Waals surface area contributed by atoms with Gasteiger partial charge in [-0.3, -0.25) is 4.98 Å². The predicted octanol–water partition coefficient (Wildman–Crippen LogP) is 3.83. The molecule has 0 fully saturated rings. The van der Waals surface area contributed by atoms with Crippen LogP contribution in [0.5, 0.6) is 0 Å². The highest BCUT2D eigenvalue weighted by Crippen LogP contribution is 2.33. The number of hydrogen-bond acceptors (Lipinski definition) is 2. The van der Waals surface area contributed by atoms with Crippen molar-refractivity contribution in [2.75, 3.05) is 0 Å². The molecular weight excluding hydrogens is 253 g/mol. The zero-order valence-corrected chi connectivity index (χ0v) is 9.78. The van der Waals surface area contributed by atoms with E-state index in [4.69, 9.17) is 5.26 Å². The summed E-state index contributed by atoms with van der Waals surface area (Å²) in [6.07, 6.45) is -3.71. The molecule has 0 unspecified atom stereocenters. The monoisotopic (exact) mass is 262 g/mol. The first-order chi connectivity index (χ1) is 9.02. The maximum absolute atomic E-state index is 12.7. The van der Waals surface area contributed by atoms with Gasteiger partial charge in [-0.05, 0) is 11.6 Å². The molecule has 0 bridgehead atoms. The molecule has 1 heterocycles. The third kappa shape index (κ3) is 2.91. The Balaban J connectivity index is 2.58. The van der Waals surface area contributed by atoms with Crippen LogP contribution in [0, 0.1) is 11.3 Å². The quantitative estimate of drug-likeness (QED) is 0.824. The largest absolute Gasteiger partial charge is 0.417 e. The van der Waals surface area contributed by atoms with Crippen LogP contribution in [-0.4, -0.2) is 4.98 Å². The molecule has 0 saturated heterocycles. The smallest absolute Gasteiger partial charge is 0.259 e. The van der Waals surface area contributed by atoms with Gasteiger partial charge in [0, 0.05) is 11.8 Å². The average Bonchev–Trinajstić information content (AvgIpc) is 2.39. The van der Waals surface area contributed by atoms with Crippen LogP contribution >= 0.6 is 0 Å². The average molecular weight is 262 g/mol. The van der Waals surface area contributed by atoms with Crippen molar-refractivity contribution in [2.45, 2.75) is 12.6 Å². The van der Waals surface area contributed by atoms with Crippen molar-refractivity contribution in [3.05, 3.63) is 53.9 Å². The van der Waals surface area contributed by atoms with Crippen LogP contribution in [0.4, 0.5) is 13.2 Å². The van der Waals surface area contributed by atoms with Crippen molar-refractivity contribution in [1.29, 1.82) is 5.26 Å². The van der Waals surface area contributed by atoms with Gasteiger partial charge in [0.05, 0.1) is 23.7 Å². The van der Waals surface area contributed by atoms with Crippen LogP contribution in [0.3, 0.4) is 0 Å². The number of rotatable bonds is 2. The van der Waals surface area contributed by atoms with Crippen LogP contribution in [0.25, 0.3) is 11.1 Å². The number of halogens is 3. The standard InChI is InChI=1S/C14H9F3N2/c15-14(16,17)11-8-12(10-4-2-1-3-5-10)13(6-7-18)19-9-11/h1-5,8-9H,6H2. The van der Waals surface area contributed by atoms with Crippen molar-refractivity contribution < 1.29 is 13.2 Å². The normalized spacial score (nSPS) is 11.1. The molecule has 0 aliphatic carbocycles. The molecule has 0 aliphatic rings. The minimum Gasteiger partial charge on any atom is -0.259 e. The summed E-state index contributed by atoms with van der Waals surface area (Å²) in [5.74, 6) is 0. The highest BCUT2D eigenvalue weighted by atomic mass is 19.4. The van der Waals surface area contributed by atoms with Gasteiger partial charge in [0.2, 0.25) is 0 Å². The lowest BCUT2D eigenvalue weighted by molar-refractivity contribution is -0.137. The van der Waals surface area contributed by atoms with Crippen molar-refractivity contribution in [2.24, 2.45) is 0 Å². The molecule has 0 spiro atoms. The Bertz CT molecular complexity index is 613. The van der Waals surface area contributed by atoms with E-state index in [0.717, 1.165) is 12.3 Å². The van der Waals surface area contributed by atoms with Crippen molar-refractivity contribution in [3.63, 3.8) is 0 Å². The summed E-state index contributed by atoms with van der Waals surface area (Å²) in [6, 6.07) is 11.6. The van der Waals surface area contributed by atoms with E-state index in [0.29, 0.717) is 16.8 Å². The van der Waals surface area contributed by atoms with Gasteiger partial charge in [0.15, 0.2) is 0 Å². The first kappa shape index (κ1) is 13.1. The molecule has 0 radical (unpaired) electrons. The number of nitriles is 1. The predicted molar refractivity (Wildman–Crippen MR) is 64.0 cm³/mol. The van der Waals surface area contributed by atoms with Gasteiger partial charge >= 0.3 is 6.18 Å². The SMILES string of the molecule is N#CCc1ncc(C(F)(F)F)cc1-c1ccccc1. The third-order valence-electron chi connectivity index (χ3n) is 2.63.